The number of carbonyl (C=O) groups excluding carboxylic acids is 1. The van der Waals surface area contributed by atoms with Crippen LogP contribution in [0.25, 0.3) is 11.3 Å². The Balaban J connectivity index is 0.00000200. The summed E-state index contributed by atoms with van der Waals surface area (Å²) in [5.74, 6) is -2.50. The lowest BCUT2D eigenvalue weighted by Crippen LogP contribution is -2.29. The fourth-order valence-corrected chi connectivity index (χ4v) is 1.57. The van der Waals surface area contributed by atoms with E-state index in [1.54, 1.807) is 0 Å². The molecule has 0 aliphatic rings. The maximum Gasteiger partial charge on any atom is 0.273 e. The number of carbonyl (C=O) groups is 1. The Labute approximate surface area is 119 Å². The molecular weight excluding hydrogens is 292 g/mol. The van der Waals surface area contributed by atoms with Gasteiger partial charge in [-0.25, -0.2) is 13.8 Å². The number of benzene rings is 1. The van der Waals surface area contributed by atoms with E-state index in [0.29, 0.717) is 0 Å². The van der Waals surface area contributed by atoms with Crippen LogP contribution in [0.1, 0.15) is 10.5 Å². The van der Waals surface area contributed by atoms with Gasteiger partial charge in [0.15, 0.2) is 17.8 Å². The van der Waals surface area contributed by atoms with Crippen LogP contribution in [0.15, 0.2) is 29.0 Å². The third kappa shape index (κ3) is 3.12. The van der Waals surface area contributed by atoms with E-state index in [9.17, 15) is 13.6 Å². The van der Waals surface area contributed by atoms with E-state index in [-0.39, 0.29) is 37.0 Å². The third-order valence-corrected chi connectivity index (χ3v) is 2.40. The Kier molecular flexibility index (Phi) is 5.60. The molecule has 1 amide bonds. The van der Waals surface area contributed by atoms with E-state index in [2.05, 4.69) is 10.3 Å². The number of rotatable bonds is 4. The SMILES string of the molecule is Cl.NCCNC(=O)c1ncoc1-c1c(F)cccc1F. The number of hydrogen-bond donors (Lipinski definition) is 2. The third-order valence-electron chi connectivity index (χ3n) is 2.40. The van der Waals surface area contributed by atoms with E-state index in [1.165, 1.54) is 6.07 Å². The Morgan fingerprint density at radius 2 is 2.00 bits per heavy atom. The Bertz CT molecular complexity index is 584. The standard InChI is InChI=1S/C12H11F2N3O2.ClH/c13-7-2-1-3-8(14)9(7)11-10(17-6-19-11)12(18)16-5-4-15;/h1-3,6H,4-5,15H2,(H,16,18);1H. The van der Waals surface area contributed by atoms with Crippen LogP contribution >= 0.6 is 12.4 Å². The van der Waals surface area contributed by atoms with Crippen LogP contribution in [0.2, 0.25) is 0 Å². The molecule has 8 heteroatoms. The molecule has 0 saturated carbocycles. The summed E-state index contributed by atoms with van der Waals surface area (Å²) in [7, 11) is 0. The summed E-state index contributed by atoms with van der Waals surface area (Å²) in [6.45, 7) is 0.470. The van der Waals surface area contributed by atoms with Crippen molar-refractivity contribution in [2.45, 2.75) is 0 Å². The minimum absolute atomic E-state index is 0. The molecule has 0 unspecified atom stereocenters. The molecule has 20 heavy (non-hydrogen) atoms. The zero-order chi connectivity index (χ0) is 13.8. The summed E-state index contributed by atoms with van der Waals surface area (Å²) >= 11 is 0. The largest absolute Gasteiger partial charge is 0.442 e. The fraction of sp³-hybridized carbons (Fsp3) is 0.167. The molecule has 0 spiro atoms. The first kappa shape index (κ1) is 16.1. The van der Waals surface area contributed by atoms with Gasteiger partial charge in [0.05, 0.1) is 5.56 Å². The van der Waals surface area contributed by atoms with E-state index >= 15 is 0 Å². The molecule has 0 saturated heterocycles. The number of aromatic nitrogens is 1. The molecule has 3 N–H and O–H groups in total. The summed E-state index contributed by atoms with van der Waals surface area (Å²) in [6, 6.07) is 3.36. The first-order valence-electron chi connectivity index (χ1n) is 5.51. The Morgan fingerprint density at radius 1 is 1.35 bits per heavy atom. The highest BCUT2D eigenvalue weighted by molar-refractivity contribution is 5.97. The quantitative estimate of drug-likeness (QED) is 0.901. The van der Waals surface area contributed by atoms with Gasteiger partial charge in [0.2, 0.25) is 0 Å². The molecule has 0 radical (unpaired) electrons. The van der Waals surface area contributed by atoms with Crippen molar-refractivity contribution in [3.63, 3.8) is 0 Å². The number of nitrogens with two attached hydrogens (primary N) is 1. The van der Waals surface area contributed by atoms with Crippen molar-refractivity contribution in [2.75, 3.05) is 13.1 Å². The molecular formula is C12H12ClF2N3O2. The molecule has 0 atom stereocenters. The predicted molar refractivity (Wildman–Crippen MR) is 70.5 cm³/mol. The van der Waals surface area contributed by atoms with E-state index in [0.717, 1.165) is 18.5 Å². The zero-order valence-electron chi connectivity index (χ0n) is 10.2. The van der Waals surface area contributed by atoms with Gasteiger partial charge >= 0.3 is 0 Å². The highest BCUT2D eigenvalue weighted by Crippen LogP contribution is 2.28. The lowest BCUT2D eigenvalue weighted by Gasteiger charge is -2.04. The number of amides is 1. The molecule has 0 aliphatic carbocycles. The highest BCUT2D eigenvalue weighted by atomic mass is 35.5. The Morgan fingerprint density at radius 3 is 2.60 bits per heavy atom. The van der Waals surface area contributed by atoms with Crippen LogP contribution in [0, 0.1) is 11.6 Å². The lowest BCUT2D eigenvalue weighted by atomic mass is 10.1. The summed E-state index contributed by atoms with van der Waals surface area (Å²) in [6.07, 6.45) is 0.957. The first-order valence-corrected chi connectivity index (χ1v) is 5.51. The Hall–Kier alpha value is -1.99. The average molecular weight is 304 g/mol. The number of nitrogens with one attached hydrogen (secondary N) is 1. The second kappa shape index (κ2) is 6.97. The molecule has 108 valence electrons. The van der Waals surface area contributed by atoms with E-state index in [4.69, 9.17) is 10.2 Å². The molecule has 0 aliphatic heterocycles. The van der Waals surface area contributed by atoms with Crippen LogP contribution in [-0.4, -0.2) is 24.0 Å². The van der Waals surface area contributed by atoms with Crippen LogP contribution in [0.4, 0.5) is 8.78 Å². The number of oxazole rings is 1. The van der Waals surface area contributed by atoms with Gasteiger partial charge in [0.1, 0.15) is 11.6 Å². The van der Waals surface area contributed by atoms with Gasteiger partial charge in [-0.2, -0.15) is 0 Å². The summed E-state index contributed by atoms with van der Waals surface area (Å²) < 4.78 is 32.2. The smallest absolute Gasteiger partial charge is 0.273 e. The summed E-state index contributed by atoms with van der Waals surface area (Å²) in [5, 5.41) is 2.45. The van der Waals surface area contributed by atoms with E-state index in [1.807, 2.05) is 0 Å². The van der Waals surface area contributed by atoms with Crippen LogP contribution in [-0.2, 0) is 0 Å². The topological polar surface area (TPSA) is 81.1 Å². The molecule has 0 bridgehead atoms. The molecule has 1 heterocycles. The zero-order valence-corrected chi connectivity index (χ0v) is 11.0. The molecule has 2 rings (SSSR count). The van der Waals surface area contributed by atoms with E-state index < -0.39 is 23.1 Å². The van der Waals surface area contributed by atoms with Crippen molar-refractivity contribution in [3.8, 4) is 11.3 Å². The van der Waals surface area contributed by atoms with Gasteiger partial charge in [-0.1, -0.05) is 6.07 Å². The van der Waals surface area contributed by atoms with Gasteiger partial charge in [-0.05, 0) is 12.1 Å². The highest BCUT2D eigenvalue weighted by Gasteiger charge is 2.23. The lowest BCUT2D eigenvalue weighted by molar-refractivity contribution is 0.0950. The number of halogens is 3. The van der Waals surface area contributed by atoms with Crippen molar-refractivity contribution >= 4 is 18.3 Å². The second-order valence-electron chi connectivity index (χ2n) is 3.67. The average Bonchev–Trinajstić information content (AvgIpc) is 2.85. The second-order valence-corrected chi connectivity index (χ2v) is 3.67. The molecule has 0 fully saturated rings. The van der Waals surface area contributed by atoms with Gasteiger partial charge in [-0.3, -0.25) is 4.79 Å². The molecule has 2 aromatic rings. The van der Waals surface area contributed by atoms with Crippen LogP contribution in [0.5, 0.6) is 0 Å². The number of nitrogens with zero attached hydrogens (tertiary/aromatic N) is 1. The van der Waals surface area contributed by atoms with Gasteiger partial charge < -0.3 is 15.5 Å². The minimum atomic E-state index is -0.829. The van der Waals surface area contributed by atoms with Crippen molar-refractivity contribution in [3.05, 3.63) is 41.9 Å². The normalized spacial score (nSPS) is 9.95. The van der Waals surface area contributed by atoms with Crippen molar-refractivity contribution in [1.82, 2.24) is 10.3 Å². The maximum absolute atomic E-state index is 13.6. The van der Waals surface area contributed by atoms with Gasteiger partial charge in [0, 0.05) is 13.1 Å². The number of hydrogen-bond acceptors (Lipinski definition) is 4. The summed E-state index contributed by atoms with van der Waals surface area (Å²) in [4.78, 5) is 15.4. The monoisotopic (exact) mass is 303 g/mol. The molecule has 1 aromatic heterocycles. The molecule has 5 nitrogen and oxygen atoms in total. The fourth-order valence-electron chi connectivity index (χ4n) is 1.57. The van der Waals surface area contributed by atoms with Crippen molar-refractivity contribution in [1.29, 1.82) is 0 Å². The first-order chi connectivity index (χ1) is 9.15. The van der Waals surface area contributed by atoms with Gasteiger partial charge in [-0.15, -0.1) is 12.4 Å². The summed E-state index contributed by atoms with van der Waals surface area (Å²) in [5.41, 5.74) is 4.65. The van der Waals surface area contributed by atoms with Crippen LogP contribution < -0.4 is 11.1 Å². The minimum Gasteiger partial charge on any atom is -0.442 e. The maximum atomic E-state index is 13.6. The van der Waals surface area contributed by atoms with Crippen molar-refractivity contribution in [2.24, 2.45) is 5.73 Å². The van der Waals surface area contributed by atoms with Crippen LogP contribution in [0.3, 0.4) is 0 Å². The predicted octanol–water partition coefficient (Wildman–Crippen LogP) is 1.73. The van der Waals surface area contributed by atoms with Gasteiger partial charge in [0.25, 0.3) is 5.91 Å². The molecule has 1 aromatic carbocycles. The van der Waals surface area contributed by atoms with Crippen molar-refractivity contribution < 1.29 is 18.0 Å².